The van der Waals surface area contributed by atoms with Gasteiger partial charge in [0.05, 0.1) is 4.90 Å². The Balaban J connectivity index is 2.10. The standard InChI is InChI=1S/C28H50O3S/c1-5-6-7-8-9-10-11-12-13-14-15-16-17-18-19-25(2)28(3,4)24-26-20-22-27(23-21-26)32(29,30)31/h20-23,25H,5-19,24H2,1-4H3,(H,29,30,31). The van der Waals surface area contributed by atoms with Crippen LogP contribution in [0.3, 0.4) is 0 Å². The molecule has 1 atom stereocenters. The summed E-state index contributed by atoms with van der Waals surface area (Å²) in [5.41, 5.74) is 1.28. The molecule has 32 heavy (non-hydrogen) atoms. The second kappa shape index (κ2) is 15.9. The van der Waals surface area contributed by atoms with Gasteiger partial charge in [-0.15, -0.1) is 0 Å². The Kier molecular flexibility index (Phi) is 14.5. The van der Waals surface area contributed by atoms with Gasteiger partial charge in [-0.25, -0.2) is 0 Å². The van der Waals surface area contributed by atoms with E-state index >= 15 is 0 Å². The largest absolute Gasteiger partial charge is 0.294 e. The van der Waals surface area contributed by atoms with Crippen LogP contribution in [-0.4, -0.2) is 13.0 Å². The van der Waals surface area contributed by atoms with E-state index in [4.69, 9.17) is 4.55 Å². The van der Waals surface area contributed by atoms with E-state index in [1.165, 1.54) is 108 Å². The van der Waals surface area contributed by atoms with Gasteiger partial charge in [0.25, 0.3) is 10.1 Å². The molecule has 0 aliphatic heterocycles. The summed E-state index contributed by atoms with van der Waals surface area (Å²) in [5, 5.41) is 0. The van der Waals surface area contributed by atoms with Crippen molar-refractivity contribution in [3.05, 3.63) is 29.8 Å². The van der Waals surface area contributed by atoms with Gasteiger partial charge in [0.2, 0.25) is 0 Å². The zero-order chi connectivity index (χ0) is 23.9. The van der Waals surface area contributed by atoms with Gasteiger partial charge in [-0.1, -0.05) is 136 Å². The van der Waals surface area contributed by atoms with Crippen molar-refractivity contribution in [2.45, 2.75) is 135 Å². The van der Waals surface area contributed by atoms with Gasteiger partial charge in [0, 0.05) is 0 Å². The third-order valence-corrected chi connectivity index (χ3v) is 8.07. The molecule has 0 heterocycles. The molecule has 0 spiro atoms. The molecule has 0 fully saturated rings. The fraction of sp³-hybridized carbons (Fsp3) is 0.786. The molecule has 0 saturated heterocycles. The topological polar surface area (TPSA) is 54.4 Å². The highest BCUT2D eigenvalue weighted by Crippen LogP contribution is 2.34. The molecule has 0 aromatic heterocycles. The Morgan fingerprint density at radius 1 is 0.750 bits per heavy atom. The van der Waals surface area contributed by atoms with E-state index in [0.29, 0.717) is 5.92 Å². The van der Waals surface area contributed by atoms with Crippen LogP contribution in [-0.2, 0) is 16.5 Å². The SMILES string of the molecule is CCCCCCCCCCCCCCCCC(C)C(C)(C)Cc1ccc(S(=O)(=O)O)cc1. The minimum atomic E-state index is -4.11. The summed E-state index contributed by atoms with van der Waals surface area (Å²) in [6, 6.07) is 6.64. The van der Waals surface area contributed by atoms with Crippen LogP contribution < -0.4 is 0 Å². The summed E-state index contributed by atoms with van der Waals surface area (Å²) >= 11 is 0. The van der Waals surface area contributed by atoms with Gasteiger partial charge in [-0.2, -0.15) is 8.42 Å². The third kappa shape index (κ3) is 13.0. The van der Waals surface area contributed by atoms with Crippen LogP contribution in [0, 0.1) is 11.3 Å². The first-order valence-corrected chi connectivity index (χ1v) is 14.7. The van der Waals surface area contributed by atoms with E-state index in [2.05, 4.69) is 27.7 Å². The molecule has 0 aliphatic rings. The molecule has 0 bridgehead atoms. The highest BCUT2D eigenvalue weighted by molar-refractivity contribution is 7.85. The average molecular weight is 467 g/mol. The van der Waals surface area contributed by atoms with Crippen molar-refractivity contribution in [1.82, 2.24) is 0 Å². The molecular formula is C28H50O3S. The third-order valence-electron chi connectivity index (χ3n) is 7.21. The first kappa shape index (κ1) is 29.2. The minimum Gasteiger partial charge on any atom is -0.282 e. The van der Waals surface area contributed by atoms with Crippen molar-refractivity contribution in [3.63, 3.8) is 0 Å². The van der Waals surface area contributed by atoms with Crippen LogP contribution in [0.15, 0.2) is 29.2 Å². The molecule has 1 aromatic carbocycles. The number of rotatable bonds is 19. The van der Waals surface area contributed by atoms with E-state index in [1.54, 1.807) is 0 Å². The highest BCUT2D eigenvalue weighted by Gasteiger charge is 2.26. The van der Waals surface area contributed by atoms with E-state index in [1.807, 2.05) is 12.1 Å². The minimum absolute atomic E-state index is 0.0329. The Morgan fingerprint density at radius 2 is 1.16 bits per heavy atom. The second-order valence-corrected chi connectivity index (χ2v) is 12.0. The maximum absolute atomic E-state index is 11.2. The number of unbranched alkanes of at least 4 members (excludes halogenated alkanes) is 13. The normalized spacial score (nSPS) is 13.4. The molecule has 0 aliphatic carbocycles. The first-order valence-electron chi connectivity index (χ1n) is 13.2. The van der Waals surface area contributed by atoms with Crippen LogP contribution in [0.25, 0.3) is 0 Å². The summed E-state index contributed by atoms with van der Waals surface area (Å²) in [4.78, 5) is -0.0329. The van der Waals surface area contributed by atoms with Crippen molar-refractivity contribution in [2.75, 3.05) is 0 Å². The highest BCUT2D eigenvalue weighted by atomic mass is 32.2. The van der Waals surface area contributed by atoms with Crippen molar-refractivity contribution < 1.29 is 13.0 Å². The molecule has 0 amide bonds. The Hall–Kier alpha value is -0.870. The predicted molar refractivity (Wildman–Crippen MR) is 138 cm³/mol. The van der Waals surface area contributed by atoms with Gasteiger partial charge < -0.3 is 0 Å². The fourth-order valence-corrected chi connectivity index (χ4v) is 5.00. The molecule has 3 nitrogen and oxygen atoms in total. The van der Waals surface area contributed by atoms with Gasteiger partial charge in [0.1, 0.15) is 0 Å². The molecule has 1 rings (SSSR count). The molecular weight excluding hydrogens is 416 g/mol. The summed E-state index contributed by atoms with van der Waals surface area (Å²) in [7, 11) is -4.11. The molecule has 1 N–H and O–H groups in total. The maximum atomic E-state index is 11.2. The van der Waals surface area contributed by atoms with Gasteiger partial charge in [-0.3, -0.25) is 4.55 Å². The van der Waals surface area contributed by atoms with Crippen molar-refractivity contribution in [1.29, 1.82) is 0 Å². The van der Waals surface area contributed by atoms with E-state index < -0.39 is 10.1 Å². The Labute approximate surface area is 199 Å². The lowest BCUT2D eigenvalue weighted by Gasteiger charge is -2.32. The molecule has 1 unspecified atom stereocenters. The van der Waals surface area contributed by atoms with Crippen LogP contribution >= 0.6 is 0 Å². The molecule has 1 aromatic rings. The number of hydrogen-bond donors (Lipinski definition) is 1. The fourth-order valence-electron chi connectivity index (χ4n) is 4.52. The lowest BCUT2D eigenvalue weighted by atomic mass is 9.73. The van der Waals surface area contributed by atoms with E-state index in [9.17, 15) is 8.42 Å². The number of hydrogen-bond acceptors (Lipinski definition) is 2. The first-order chi connectivity index (χ1) is 15.2. The smallest absolute Gasteiger partial charge is 0.282 e. The Bertz CT molecular complexity index is 692. The van der Waals surface area contributed by atoms with Gasteiger partial charge >= 0.3 is 0 Å². The molecule has 0 radical (unpaired) electrons. The molecule has 4 heteroatoms. The zero-order valence-electron chi connectivity index (χ0n) is 21.4. The summed E-state index contributed by atoms with van der Waals surface area (Å²) < 4.78 is 31.5. The summed E-state index contributed by atoms with van der Waals surface area (Å²) in [6.07, 6.45) is 21.7. The van der Waals surface area contributed by atoms with Gasteiger partial charge in [-0.05, 0) is 35.4 Å². The lowest BCUT2D eigenvalue weighted by molar-refractivity contribution is 0.211. The lowest BCUT2D eigenvalue weighted by Crippen LogP contribution is -2.24. The van der Waals surface area contributed by atoms with Crippen molar-refractivity contribution in [2.24, 2.45) is 11.3 Å². The summed E-state index contributed by atoms with van der Waals surface area (Å²) in [6.45, 7) is 9.23. The predicted octanol–water partition coefficient (Wildman–Crippen LogP) is 9.01. The molecule has 186 valence electrons. The molecule has 0 saturated carbocycles. The monoisotopic (exact) mass is 466 g/mol. The summed E-state index contributed by atoms with van der Waals surface area (Å²) in [5.74, 6) is 0.612. The zero-order valence-corrected chi connectivity index (χ0v) is 22.2. The van der Waals surface area contributed by atoms with Crippen LogP contribution in [0.1, 0.15) is 130 Å². The van der Waals surface area contributed by atoms with Crippen LogP contribution in [0.5, 0.6) is 0 Å². The Morgan fingerprint density at radius 3 is 1.56 bits per heavy atom. The maximum Gasteiger partial charge on any atom is 0.294 e. The number of benzene rings is 1. The van der Waals surface area contributed by atoms with Crippen LogP contribution in [0.4, 0.5) is 0 Å². The van der Waals surface area contributed by atoms with Crippen molar-refractivity contribution >= 4 is 10.1 Å². The second-order valence-electron chi connectivity index (χ2n) is 10.6. The quantitative estimate of drug-likeness (QED) is 0.163. The van der Waals surface area contributed by atoms with Gasteiger partial charge in [0.15, 0.2) is 0 Å². The van der Waals surface area contributed by atoms with E-state index in [0.717, 1.165) is 12.0 Å². The van der Waals surface area contributed by atoms with E-state index in [-0.39, 0.29) is 10.3 Å². The van der Waals surface area contributed by atoms with Crippen LogP contribution in [0.2, 0.25) is 0 Å². The average Bonchev–Trinajstić information content (AvgIpc) is 2.73. The van der Waals surface area contributed by atoms with Crippen molar-refractivity contribution in [3.8, 4) is 0 Å².